The normalized spacial score (nSPS) is 11.3. The number of hydrogen-bond donors (Lipinski definition) is 1. The minimum atomic E-state index is 0.485. The van der Waals surface area contributed by atoms with Crippen LogP contribution in [-0.4, -0.2) is 15.8 Å². The lowest BCUT2D eigenvalue weighted by molar-refractivity contribution is 0.580. The fourth-order valence-electron chi connectivity index (χ4n) is 2.34. The molecular formula is C17H24ClN3. The van der Waals surface area contributed by atoms with Crippen LogP contribution in [-0.2, 0) is 19.5 Å². The van der Waals surface area contributed by atoms with Crippen LogP contribution in [0.15, 0.2) is 30.5 Å². The Morgan fingerprint density at radius 2 is 1.95 bits per heavy atom. The van der Waals surface area contributed by atoms with Gasteiger partial charge in [0.1, 0.15) is 0 Å². The van der Waals surface area contributed by atoms with Crippen molar-refractivity contribution in [2.75, 3.05) is 0 Å². The summed E-state index contributed by atoms with van der Waals surface area (Å²) in [6.45, 7) is 8.22. The van der Waals surface area contributed by atoms with Crippen LogP contribution in [0.1, 0.15) is 44.0 Å². The van der Waals surface area contributed by atoms with E-state index in [1.807, 2.05) is 18.3 Å². The number of aromatic nitrogens is 2. The molecule has 0 atom stereocenters. The highest BCUT2D eigenvalue weighted by Crippen LogP contribution is 2.15. The molecule has 0 aliphatic rings. The molecule has 1 aromatic carbocycles. The highest BCUT2D eigenvalue weighted by atomic mass is 35.5. The monoisotopic (exact) mass is 305 g/mol. The van der Waals surface area contributed by atoms with E-state index >= 15 is 0 Å². The molecule has 0 fully saturated rings. The van der Waals surface area contributed by atoms with Gasteiger partial charge in [0, 0.05) is 28.9 Å². The van der Waals surface area contributed by atoms with Gasteiger partial charge >= 0.3 is 0 Å². The maximum absolute atomic E-state index is 5.94. The van der Waals surface area contributed by atoms with E-state index in [0.717, 1.165) is 31.0 Å². The molecule has 114 valence electrons. The molecule has 0 amide bonds. The van der Waals surface area contributed by atoms with E-state index in [1.54, 1.807) is 0 Å². The number of rotatable bonds is 7. The third-order valence-corrected chi connectivity index (χ3v) is 3.72. The zero-order valence-electron chi connectivity index (χ0n) is 13.1. The van der Waals surface area contributed by atoms with Crippen molar-refractivity contribution in [3.63, 3.8) is 0 Å². The lowest BCUT2D eigenvalue weighted by Crippen LogP contribution is -2.22. The third kappa shape index (κ3) is 4.58. The fourth-order valence-corrected chi connectivity index (χ4v) is 2.46. The molecule has 0 unspecified atom stereocenters. The first kappa shape index (κ1) is 16.1. The lowest BCUT2D eigenvalue weighted by atomic mass is 10.1. The quantitative estimate of drug-likeness (QED) is 0.837. The van der Waals surface area contributed by atoms with Crippen molar-refractivity contribution < 1.29 is 0 Å². The van der Waals surface area contributed by atoms with Crippen LogP contribution in [0, 0.1) is 0 Å². The highest BCUT2D eigenvalue weighted by Gasteiger charge is 2.10. The summed E-state index contributed by atoms with van der Waals surface area (Å²) in [5.41, 5.74) is 3.86. The topological polar surface area (TPSA) is 29.9 Å². The minimum absolute atomic E-state index is 0.485. The summed E-state index contributed by atoms with van der Waals surface area (Å²) in [6.07, 6.45) is 4.18. The first-order chi connectivity index (χ1) is 10.1. The van der Waals surface area contributed by atoms with E-state index in [4.69, 9.17) is 11.6 Å². The van der Waals surface area contributed by atoms with Crippen LogP contribution < -0.4 is 5.32 Å². The average molecular weight is 306 g/mol. The van der Waals surface area contributed by atoms with Gasteiger partial charge in [-0.25, -0.2) is 0 Å². The van der Waals surface area contributed by atoms with Crippen molar-refractivity contribution >= 4 is 11.6 Å². The lowest BCUT2D eigenvalue weighted by Gasteiger charge is -2.11. The molecule has 0 bridgehead atoms. The predicted octanol–water partition coefficient (Wildman–Crippen LogP) is 4.04. The number of nitrogens with one attached hydrogen (secondary N) is 1. The van der Waals surface area contributed by atoms with E-state index in [1.165, 1.54) is 16.8 Å². The molecule has 0 spiro atoms. The van der Waals surface area contributed by atoms with Gasteiger partial charge in [-0.2, -0.15) is 5.10 Å². The van der Waals surface area contributed by atoms with Crippen LogP contribution in [0.25, 0.3) is 0 Å². The van der Waals surface area contributed by atoms with Gasteiger partial charge in [0.2, 0.25) is 0 Å². The van der Waals surface area contributed by atoms with Gasteiger partial charge in [-0.3, -0.25) is 4.68 Å². The van der Waals surface area contributed by atoms with E-state index in [0.29, 0.717) is 6.04 Å². The Morgan fingerprint density at radius 3 is 2.57 bits per heavy atom. The Bertz CT molecular complexity index is 558. The van der Waals surface area contributed by atoms with Gasteiger partial charge in [0.25, 0.3) is 0 Å². The summed E-state index contributed by atoms with van der Waals surface area (Å²) in [5, 5.41) is 8.82. The Balaban J connectivity index is 2.16. The van der Waals surface area contributed by atoms with Crippen LogP contribution in [0.2, 0.25) is 5.02 Å². The molecule has 0 aliphatic heterocycles. The van der Waals surface area contributed by atoms with Gasteiger partial charge in [0.15, 0.2) is 0 Å². The SMILES string of the molecule is CCCc1c(CNC(C)C)cnn1Cc1ccc(Cl)cc1. The van der Waals surface area contributed by atoms with Crippen molar-refractivity contribution in [1.29, 1.82) is 0 Å². The molecule has 21 heavy (non-hydrogen) atoms. The van der Waals surface area contributed by atoms with Gasteiger partial charge in [-0.05, 0) is 24.1 Å². The first-order valence-electron chi connectivity index (χ1n) is 7.61. The van der Waals surface area contributed by atoms with Crippen molar-refractivity contribution in [1.82, 2.24) is 15.1 Å². The van der Waals surface area contributed by atoms with E-state index in [9.17, 15) is 0 Å². The number of benzene rings is 1. The molecule has 1 N–H and O–H groups in total. The van der Waals surface area contributed by atoms with E-state index in [-0.39, 0.29) is 0 Å². The summed E-state index contributed by atoms with van der Waals surface area (Å²) in [5.74, 6) is 0. The summed E-state index contributed by atoms with van der Waals surface area (Å²) >= 11 is 5.94. The van der Waals surface area contributed by atoms with Crippen molar-refractivity contribution in [2.45, 2.75) is 52.7 Å². The maximum atomic E-state index is 5.94. The van der Waals surface area contributed by atoms with Gasteiger partial charge in [-0.1, -0.05) is 50.9 Å². The highest BCUT2D eigenvalue weighted by molar-refractivity contribution is 6.30. The number of halogens is 1. The van der Waals surface area contributed by atoms with Gasteiger partial charge < -0.3 is 5.32 Å². The molecule has 2 rings (SSSR count). The van der Waals surface area contributed by atoms with Crippen molar-refractivity contribution in [3.05, 3.63) is 52.3 Å². The molecule has 0 radical (unpaired) electrons. The standard InChI is InChI=1S/C17H24ClN3/c1-4-5-17-15(10-19-13(2)3)11-20-21(17)12-14-6-8-16(18)9-7-14/h6-9,11,13,19H,4-5,10,12H2,1-3H3. The number of nitrogens with zero attached hydrogens (tertiary/aromatic N) is 2. The Kier molecular flexibility index (Phi) is 5.83. The molecule has 3 nitrogen and oxygen atoms in total. The van der Waals surface area contributed by atoms with Crippen LogP contribution in [0.4, 0.5) is 0 Å². The summed E-state index contributed by atoms with van der Waals surface area (Å²) in [7, 11) is 0. The molecule has 1 aromatic heterocycles. The molecule has 1 heterocycles. The van der Waals surface area contributed by atoms with Crippen LogP contribution in [0.5, 0.6) is 0 Å². The molecule has 4 heteroatoms. The minimum Gasteiger partial charge on any atom is -0.310 e. The molecular weight excluding hydrogens is 282 g/mol. The molecule has 0 aliphatic carbocycles. The van der Waals surface area contributed by atoms with Crippen molar-refractivity contribution in [3.8, 4) is 0 Å². The zero-order valence-corrected chi connectivity index (χ0v) is 13.8. The van der Waals surface area contributed by atoms with Crippen LogP contribution >= 0.6 is 11.6 Å². The second-order valence-corrected chi connectivity index (χ2v) is 6.12. The summed E-state index contributed by atoms with van der Waals surface area (Å²) in [4.78, 5) is 0. The predicted molar refractivity (Wildman–Crippen MR) is 88.8 cm³/mol. The second kappa shape index (κ2) is 7.62. The molecule has 0 saturated heterocycles. The van der Waals surface area contributed by atoms with E-state index < -0.39 is 0 Å². The largest absolute Gasteiger partial charge is 0.310 e. The van der Waals surface area contributed by atoms with Gasteiger partial charge in [0.05, 0.1) is 12.7 Å². The van der Waals surface area contributed by atoms with Crippen molar-refractivity contribution in [2.24, 2.45) is 0 Å². The van der Waals surface area contributed by atoms with Gasteiger partial charge in [-0.15, -0.1) is 0 Å². The fraction of sp³-hybridized carbons (Fsp3) is 0.471. The van der Waals surface area contributed by atoms with Crippen LogP contribution in [0.3, 0.4) is 0 Å². The van der Waals surface area contributed by atoms with E-state index in [2.05, 4.69) is 48.0 Å². The third-order valence-electron chi connectivity index (χ3n) is 3.47. The zero-order chi connectivity index (χ0) is 15.2. The maximum Gasteiger partial charge on any atom is 0.0662 e. The summed E-state index contributed by atoms with van der Waals surface area (Å²) < 4.78 is 2.12. The average Bonchev–Trinajstić information content (AvgIpc) is 2.82. The Labute approximate surface area is 132 Å². The summed E-state index contributed by atoms with van der Waals surface area (Å²) in [6, 6.07) is 8.47. The molecule has 2 aromatic rings. The Morgan fingerprint density at radius 1 is 1.24 bits per heavy atom. The Hall–Kier alpha value is -1.32. The molecule has 0 saturated carbocycles. The second-order valence-electron chi connectivity index (χ2n) is 5.69. The smallest absolute Gasteiger partial charge is 0.0662 e. The number of hydrogen-bond acceptors (Lipinski definition) is 2. The first-order valence-corrected chi connectivity index (χ1v) is 7.99.